The molecule has 0 atom stereocenters. The monoisotopic (exact) mass is 344 g/mol. The highest BCUT2D eigenvalue weighted by molar-refractivity contribution is 5.49. The predicted molar refractivity (Wildman–Crippen MR) is 95.4 cm³/mol. The Balaban J connectivity index is 1.67. The molecule has 1 aliphatic heterocycles. The Morgan fingerprint density at radius 1 is 1.00 bits per heavy atom. The molecule has 0 amide bonds. The molecule has 1 fully saturated rings. The van der Waals surface area contributed by atoms with E-state index >= 15 is 0 Å². The standard InChI is InChI=1S/C17H24N6O2/c1-4-24-14-5-6-20-17(21-14)23-11-9-22(10-12-23)15-16(25-13(2)3)19-8-7-18-15/h5-8,13H,4,9-12H2,1-3H3. The summed E-state index contributed by atoms with van der Waals surface area (Å²) in [7, 11) is 0. The van der Waals surface area contributed by atoms with Crippen LogP contribution in [0.1, 0.15) is 20.8 Å². The number of hydrogen-bond acceptors (Lipinski definition) is 8. The first-order valence-electron chi connectivity index (χ1n) is 8.60. The molecule has 3 rings (SSSR count). The van der Waals surface area contributed by atoms with Crippen molar-refractivity contribution in [1.82, 2.24) is 19.9 Å². The molecule has 0 aromatic carbocycles. The SMILES string of the molecule is CCOc1ccnc(N2CCN(c3nccnc3OC(C)C)CC2)n1. The summed E-state index contributed by atoms with van der Waals surface area (Å²) in [6.07, 6.45) is 5.15. The van der Waals surface area contributed by atoms with Crippen molar-refractivity contribution in [3.8, 4) is 11.8 Å². The molecule has 0 radical (unpaired) electrons. The first kappa shape index (κ1) is 17.2. The van der Waals surface area contributed by atoms with E-state index in [4.69, 9.17) is 9.47 Å². The minimum atomic E-state index is 0.0615. The average molecular weight is 344 g/mol. The smallest absolute Gasteiger partial charge is 0.257 e. The molecule has 1 aliphatic rings. The lowest BCUT2D eigenvalue weighted by Gasteiger charge is -2.35. The number of rotatable bonds is 6. The van der Waals surface area contributed by atoms with Gasteiger partial charge in [-0.2, -0.15) is 4.98 Å². The van der Waals surface area contributed by atoms with Gasteiger partial charge in [0.15, 0.2) is 5.82 Å². The number of anilines is 2. The number of nitrogens with zero attached hydrogens (tertiary/aromatic N) is 6. The zero-order valence-corrected chi connectivity index (χ0v) is 14.9. The zero-order valence-electron chi connectivity index (χ0n) is 14.9. The van der Waals surface area contributed by atoms with Crippen LogP contribution in [0.3, 0.4) is 0 Å². The molecule has 1 saturated heterocycles. The summed E-state index contributed by atoms with van der Waals surface area (Å²) >= 11 is 0. The van der Waals surface area contributed by atoms with Crippen molar-refractivity contribution in [1.29, 1.82) is 0 Å². The van der Waals surface area contributed by atoms with Gasteiger partial charge in [-0.05, 0) is 20.8 Å². The van der Waals surface area contributed by atoms with Gasteiger partial charge in [0.05, 0.1) is 12.7 Å². The number of hydrogen-bond donors (Lipinski definition) is 0. The zero-order chi connectivity index (χ0) is 17.6. The third kappa shape index (κ3) is 4.26. The highest BCUT2D eigenvalue weighted by Gasteiger charge is 2.23. The highest BCUT2D eigenvalue weighted by atomic mass is 16.5. The van der Waals surface area contributed by atoms with Crippen LogP contribution in [0, 0.1) is 0 Å². The fourth-order valence-electron chi connectivity index (χ4n) is 2.67. The minimum Gasteiger partial charge on any atom is -0.478 e. The van der Waals surface area contributed by atoms with Crippen molar-refractivity contribution in [2.24, 2.45) is 0 Å². The lowest BCUT2D eigenvalue weighted by atomic mass is 10.3. The molecule has 0 N–H and O–H groups in total. The molecule has 2 aromatic rings. The number of ether oxygens (including phenoxy) is 2. The Hall–Kier alpha value is -2.64. The van der Waals surface area contributed by atoms with Crippen LogP contribution in [0.15, 0.2) is 24.7 Å². The summed E-state index contributed by atoms with van der Waals surface area (Å²) in [5.41, 5.74) is 0. The van der Waals surface area contributed by atoms with Crippen molar-refractivity contribution in [2.45, 2.75) is 26.9 Å². The van der Waals surface area contributed by atoms with Gasteiger partial charge in [0.25, 0.3) is 5.88 Å². The Bertz CT molecular complexity index is 688. The van der Waals surface area contributed by atoms with Gasteiger partial charge in [-0.3, -0.25) is 0 Å². The van der Waals surface area contributed by atoms with E-state index < -0.39 is 0 Å². The van der Waals surface area contributed by atoms with E-state index in [1.807, 2.05) is 20.8 Å². The first-order chi connectivity index (χ1) is 12.2. The second kappa shape index (κ2) is 7.96. The third-order valence-electron chi connectivity index (χ3n) is 3.77. The van der Waals surface area contributed by atoms with Crippen molar-refractivity contribution >= 4 is 11.8 Å². The Morgan fingerprint density at radius 3 is 2.44 bits per heavy atom. The molecule has 8 nitrogen and oxygen atoms in total. The Labute approximate surface area is 147 Å². The van der Waals surface area contributed by atoms with E-state index in [1.165, 1.54) is 0 Å². The molecular weight excluding hydrogens is 320 g/mol. The molecule has 0 bridgehead atoms. The van der Waals surface area contributed by atoms with Crippen LogP contribution in [-0.4, -0.2) is 58.8 Å². The summed E-state index contributed by atoms with van der Waals surface area (Å²) in [5, 5.41) is 0. The maximum Gasteiger partial charge on any atom is 0.257 e. The van der Waals surface area contributed by atoms with Crippen LogP contribution in [0.25, 0.3) is 0 Å². The first-order valence-corrected chi connectivity index (χ1v) is 8.60. The van der Waals surface area contributed by atoms with Gasteiger partial charge in [0.2, 0.25) is 11.8 Å². The van der Waals surface area contributed by atoms with E-state index in [0.29, 0.717) is 24.3 Å². The van der Waals surface area contributed by atoms with Crippen molar-refractivity contribution in [3.63, 3.8) is 0 Å². The molecule has 134 valence electrons. The van der Waals surface area contributed by atoms with E-state index in [2.05, 4.69) is 29.7 Å². The van der Waals surface area contributed by atoms with Crippen LogP contribution < -0.4 is 19.3 Å². The van der Waals surface area contributed by atoms with E-state index in [0.717, 1.165) is 32.0 Å². The van der Waals surface area contributed by atoms with Gasteiger partial charge >= 0.3 is 0 Å². The van der Waals surface area contributed by atoms with E-state index in [9.17, 15) is 0 Å². The summed E-state index contributed by atoms with van der Waals surface area (Å²) in [6.45, 7) is 9.71. The molecule has 0 saturated carbocycles. The van der Waals surface area contributed by atoms with Crippen LogP contribution in [0.4, 0.5) is 11.8 Å². The normalized spacial score (nSPS) is 14.7. The van der Waals surface area contributed by atoms with Gasteiger partial charge in [-0.1, -0.05) is 0 Å². The van der Waals surface area contributed by atoms with Gasteiger partial charge in [0, 0.05) is 50.8 Å². The van der Waals surface area contributed by atoms with Crippen molar-refractivity contribution < 1.29 is 9.47 Å². The molecule has 3 heterocycles. The maximum atomic E-state index is 5.78. The molecule has 8 heteroatoms. The number of aromatic nitrogens is 4. The quantitative estimate of drug-likeness (QED) is 0.785. The second-order valence-corrected chi connectivity index (χ2v) is 5.95. The van der Waals surface area contributed by atoms with Crippen molar-refractivity contribution in [3.05, 3.63) is 24.7 Å². The predicted octanol–water partition coefficient (Wildman–Crippen LogP) is 1.78. The summed E-state index contributed by atoms with van der Waals surface area (Å²) in [6, 6.07) is 1.78. The maximum absolute atomic E-state index is 5.78. The Morgan fingerprint density at radius 2 is 1.72 bits per heavy atom. The fraction of sp³-hybridized carbons (Fsp3) is 0.529. The summed E-state index contributed by atoms with van der Waals surface area (Å²) in [4.78, 5) is 21.9. The summed E-state index contributed by atoms with van der Waals surface area (Å²) < 4.78 is 11.2. The molecular formula is C17H24N6O2. The van der Waals surface area contributed by atoms with Gasteiger partial charge in [0.1, 0.15) is 0 Å². The molecule has 2 aromatic heterocycles. The van der Waals surface area contributed by atoms with Crippen LogP contribution in [0.2, 0.25) is 0 Å². The fourth-order valence-corrected chi connectivity index (χ4v) is 2.67. The largest absolute Gasteiger partial charge is 0.478 e. The van der Waals surface area contributed by atoms with Gasteiger partial charge in [-0.25, -0.2) is 15.0 Å². The lowest BCUT2D eigenvalue weighted by molar-refractivity contribution is 0.232. The molecule has 0 aliphatic carbocycles. The highest BCUT2D eigenvalue weighted by Crippen LogP contribution is 2.25. The Kier molecular flexibility index (Phi) is 5.47. The number of piperazine rings is 1. The topological polar surface area (TPSA) is 76.5 Å². The van der Waals surface area contributed by atoms with Gasteiger partial charge in [-0.15, -0.1) is 0 Å². The van der Waals surface area contributed by atoms with Crippen molar-refractivity contribution in [2.75, 3.05) is 42.6 Å². The van der Waals surface area contributed by atoms with Crippen LogP contribution >= 0.6 is 0 Å². The minimum absolute atomic E-state index is 0.0615. The third-order valence-corrected chi connectivity index (χ3v) is 3.77. The summed E-state index contributed by atoms with van der Waals surface area (Å²) in [5.74, 6) is 2.68. The molecule has 0 spiro atoms. The lowest BCUT2D eigenvalue weighted by Crippen LogP contribution is -2.47. The molecule has 0 unspecified atom stereocenters. The van der Waals surface area contributed by atoms with E-state index in [1.54, 1.807) is 24.7 Å². The second-order valence-electron chi connectivity index (χ2n) is 5.95. The molecule has 25 heavy (non-hydrogen) atoms. The van der Waals surface area contributed by atoms with Crippen LogP contribution in [-0.2, 0) is 0 Å². The average Bonchev–Trinajstić information content (AvgIpc) is 2.62. The van der Waals surface area contributed by atoms with E-state index in [-0.39, 0.29) is 6.10 Å². The van der Waals surface area contributed by atoms with Gasteiger partial charge < -0.3 is 19.3 Å². The van der Waals surface area contributed by atoms with Crippen LogP contribution in [0.5, 0.6) is 11.8 Å².